The van der Waals surface area contributed by atoms with Crippen LogP contribution in [0.3, 0.4) is 0 Å². The van der Waals surface area contributed by atoms with Crippen molar-refractivity contribution in [2.45, 2.75) is 18.7 Å². The second kappa shape index (κ2) is 10.7. The SMILES string of the molecule is C1=CCC2B(c3ccccc3)c3ccccc3CC2=C1.[Cl-].[Cl-].[Cl-].[Zr+3]. The van der Waals surface area contributed by atoms with Crippen LogP contribution in [-0.4, -0.2) is 6.71 Å². The molecule has 1 radical (unpaired) electrons. The quantitative estimate of drug-likeness (QED) is 0.378. The van der Waals surface area contributed by atoms with Crippen molar-refractivity contribution in [3.05, 3.63) is 84.0 Å². The molecule has 24 heavy (non-hydrogen) atoms. The molecule has 0 saturated carbocycles. The summed E-state index contributed by atoms with van der Waals surface area (Å²) in [5.41, 5.74) is 6.07. The average Bonchev–Trinajstić information content (AvgIpc) is 2.53. The van der Waals surface area contributed by atoms with Crippen LogP contribution in [0.1, 0.15) is 12.0 Å². The molecule has 1 atom stereocenters. The van der Waals surface area contributed by atoms with Crippen LogP contribution in [0, 0.1) is 0 Å². The Morgan fingerprint density at radius 1 is 0.833 bits per heavy atom. The van der Waals surface area contributed by atoms with Gasteiger partial charge in [0.25, 0.3) is 0 Å². The van der Waals surface area contributed by atoms with E-state index in [0.717, 1.165) is 6.42 Å². The van der Waals surface area contributed by atoms with Crippen molar-refractivity contribution in [3.63, 3.8) is 0 Å². The Morgan fingerprint density at radius 3 is 2.25 bits per heavy atom. The molecule has 0 saturated heterocycles. The third kappa shape index (κ3) is 4.47. The van der Waals surface area contributed by atoms with Crippen molar-refractivity contribution in [2.75, 3.05) is 0 Å². The molecule has 2 aromatic rings. The molecular weight excluding hydrogens is 437 g/mol. The molecule has 1 aliphatic heterocycles. The van der Waals surface area contributed by atoms with Crippen molar-refractivity contribution < 1.29 is 63.4 Å². The van der Waals surface area contributed by atoms with Gasteiger partial charge in [0.05, 0.1) is 0 Å². The zero-order chi connectivity index (χ0) is 13.4. The van der Waals surface area contributed by atoms with Gasteiger partial charge < -0.3 is 37.2 Å². The van der Waals surface area contributed by atoms with Crippen LogP contribution < -0.4 is 48.1 Å². The van der Waals surface area contributed by atoms with E-state index >= 15 is 0 Å². The van der Waals surface area contributed by atoms with Crippen LogP contribution in [0.25, 0.3) is 0 Å². The van der Waals surface area contributed by atoms with Crippen molar-refractivity contribution in [2.24, 2.45) is 0 Å². The maximum Gasteiger partial charge on any atom is 3.00 e. The summed E-state index contributed by atoms with van der Waals surface area (Å²) in [4.78, 5) is 0. The molecule has 0 nitrogen and oxygen atoms in total. The zero-order valence-electron chi connectivity index (χ0n) is 13.1. The molecule has 0 bridgehead atoms. The summed E-state index contributed by atoms with van der Waals surface area (Å²) >= 11 is 0. The normalized spacial score (nSPS) is 16.8. The maximum absolute atomic E-state index is 2.33. The van der Waals surface area contributed by atoms with E-state index in [1.807, 2.05) is 0 Å². The summed E-state index contributed by atoms with van der Waals surface area (Å²) in [6, 6.07) is 20.0. The maximum atomic E-state index is 2.33. The van der Waals surface area contributed by atoms with Crippen molar-refractivity contribution >= 4 is 17.6 Å². The van der Waals surface area contributed by atoms with Crippen LogP contribution in [0.2, 0.25) is 5.82 Å². The topological polar surface area (TPSA) is 0 Å². The van der Waals surface area contributed by atoms with Gasteiger partial charge in [0.15, 0.2) is 0 Å². The van der Waals surface area contributed by atoms with Crippen LogP contribution in [0.15, 0.2) is 78.4 Å². The largest absolute Gasteiger partial charge is 3.00 e. The molecule has 1 unspecified atom stereocenters. The number of rotatable bonds is 1. The number of fused-ring (bicyclic) bond motifs is 2. The molecular formula is C19H17BCl3Zr. The fourth-order valence-corrected chi connectivity index (χ4v) is 3.74. The molecule has 2 aromatic carbocycles. The number of benzene rings is 2. The van der Waals surface area contributed by atoms with Gasteiger partial charge in [-0.15, -0.1) is 0 Å². The minimum Gasteiger partial charge on any atom is -1.00 e. The molecule has 0 N–H and O–H groups in total. The van der Waals surface area contributed by atoms with Gasteiger partial charge in [0.2, 0.25) is 6.71 Å². The standard InChI is InChI=1S/C19H17B.3ClH.Zr/c1-2-10-17(11-3-1)20-18-12-6-4-8-15(18)14-16-9-5-7-13-19(16)20;;;;/h1-12,19H,13-14H2;3*1H;/q;;;;+3/p-3. The summed E-state index contributed by atoms with van der Waals surface area (Å²) in [5, 5.41) is 0. The van der Waals surface area contributed by atoms with Crippen LogP contribution in [0.5, 0.6) is 0 Å². The molecule has 0 amide bonds. The van der Waals surface area contributed by atoms with E-state index in [-0.39, 0.29) is 63.4 Å². The van der Waals surface area contributed by atoms with Gasteiger partial charge in [0.1, 0.15) is 0 Å². The summed E-state index contributed by atoms with van der Waals surface area (Å²) in [6.07, 6.45) is 9.16. The van der Waals surface area contributed by atoms with Gasteiger partial charge in [-0.1, -0.05) is 89.3 Å². The van der Waals surface area contributed by atoms with Gasteiger partial charge in [-0.25, -0.2) is 0 Å². The Balaban J connectivity index is 0.00000132. The predicted octanol–water partition coefficient (Wildman–Crippen LogP) is -5.88. The van der Waals surface area contributed by atoms with E-state index in [1.165, 1.54) is 22.9 Å². The van der Waals surface area contributed by atoms with E-state index in [1.54, 1.807) is 5.57 Å². The molecule has 1 heterocycles. The van der Waals surface area contributed by atoms with E-state index in [9.17, 15) is 0 Å². The zero-order valence-corrected chi connectivity index (χ0v) is 17.9. The van der Waals surface area contributed by atoms with E-state index < -0.39 is 0 Å². The summed E-state index contributed by atoms with van der Waals surface area (Å²) in [6.45, 7) is 0.511. The van der Waals surface area contributed by atoms with Crippen LogP contribution >= 0.6 is 0 Å². The third-order valence-electron chi connectivity index (χ3n) is 4.66. The molecule has 2 aliphatic rings. The van der Waals surface area contributed by atoms with E-state index in [2.05, 4.69) is 72.8 Å². The Morgan fingerprint density at radius 2 is 1.50 bits per heavy atom. The smallest absolute Gasteiger partial charge is 1.00 e. The first-order valence-electron chi connectivity index (χ1n) is 7.42. The number of halogens is 3. The van der Waals surface area contributed by atoms with E-state index in [4.69, 9.17) is 0 Å². The second-order valence-corrected chi connectivity index (χ2v) is 5.78. The summed E-state index contributed by atoms with van der Waals surface area (Å²) in [7, 11) is 0. The van der Waals surface area contributed by atoms with Crippen molar-refractivity contribution in [1.29, 1.82) is 0 Å². The Kier molecular flexibility index (Phi) is 10.6. The fraction of sp³-hybridized carbons (Fsp3) is 0.158. The van der Waals surface area contributed by atoms with Gasteiger partial charge >= 0.3 is 26.2 Å². The first-order valence-corrected chi connectivity index (χ1v) is 7.42. The molecule has 121 valence electrons. The van der Waals surface area contributed by atoms with Gasteiger partial charge in [0, 0.05) is 0 Å². The molecule has 0 spiro atoms. The van der Waals surface area contributed by atoms with Crippen LogP contribution in [-0.2, 0) is 32.6 Å². The first kappa shape index (κ1) is 23.7. The molecule has 1 aliphatic carbocycles. The Labute approximate surface area is 182 Å². The van der Waals surface area contributed by atoms with Gasteiger partial charge in [-0.05, 0) is 24.2 Å². The van der Waals surface area contributed by atoms with Crippen molar-refractivity contribution in [1.82, 2.24) is 0 Å². The molecule has 0 aromatic heterocycles. The van der Waals surface area contributed by atoms with Crippen molar-refractivity contribution in [3.8, 4) is 0 Å². The summed E-state index contributed by atoms with van der Waals surface area (Å²) < 4.78 is 0. The fourth-order valence-electron chi connectivity index (χ4n) is 3.74. The Bertz CT molecular complexity index is 701. The molecule has 4 rings (SSSR count). The number of hydrogen-bond acceptors (Lipinski definition) is 0. The third-order valence-corrected chi connectivity index (χ3v) is 4.66. The second-order valence-electron chi connectivity index (χ2n) is 5.78. The molecule has 5 heteroatoms. The predicted molar refractivity (Wildman–Crippen MR) is 87.2 cm³/mol. The van der Waals surface area contributed by atoms with Crippen LogP contribution in [0.4, 0.5) is 0 Å². The number of hydrogen-bond donors (Lipinski definition) is 0. The number of allylic oxidation sites excluding steroid dienone is 4. The minimum atomic E-state index is 0. The average molecular weight is 454 g/mol. The van der Waals surface area contributed by atoms with Gasteiger partial charge in [-0.3, -0.25) is 0 Å². The van der Waals surface area contributed by atoms with E-state index in [0.29, 0.717) is 12.5 Å². The molecule has 0 fully saturated rings. The van der Waals surface area contributed by atoms with Gasteiger partial charge in [-0.2, -0.15) is 0 Å². The summed E-state index contributed by atoms with van der Waals surface area (Å²) in [5.74, 6) is 0.636. The monoisotopic (exact) mass is 451 g/mol. The minimum absolute atomic E-state index is 0. The Hall–Kier alpha value is -0.262. The first-order chi connectivity index (χ1) is 9.93.